The molecule has 0 radical (unpaired) electrons. The summed E-state index contributed by atoms with van der Waals surface area (Å²) in [6, 6.07) is 2.31. The molecule has 1 rings (SSSR count). The first-order valence-corrected chi connectivity index (χ1v) is 7.77. The van der Waals surface area contributed by atoms with Gasteiger partial charge in [0.1, 0.15) is 0 Å². The molecule has 6 nitrogen and oxygen atoms in total. The second-order valence-corrected chi connectivity index (χ2v) is 7.52. The number of thioether (sulfide) groups is 1. The third kappa shape index (κ3) is 6.35. The van der Waals surface area contributed by atoms with Gasteiger partial charge in [0, 0.05) is 17.8 Å². The van der Waals surface area contributed by atoms with E-state index in [1.54, 1.807) is 11.8 Å². The fraction of sp³-hybridized carbons (Fsp3) is 0.846. The van der Waals surface area contributed by atoms with Crippen LogP contribution in [0.3, 0.4) is 0 Å². The lowest BCUT2D eigenvalue weighted by atomic mass is 9.93. The zero-order valence-corrected chi connectivity index (χ0v) is 13.8. The van der Waals surface area contributed by atoms with Gasteiger partial charge < -0.3 is 5.32 Å². The van der Waals surface area contributed by atoms with Crippen molar-refractivity contribution in [1.82, 2.24) is 25.5 Å². The molecule has 0 aromatic carbocycles. The lowest BCUT2D eigenvalue weighted by Gasteiger charge is -2.20. The van der Waals surface area contributed by atoms with Gasteiger partial charge in [-0.1, -0.05) is 11.8 Å². The van der Waals surface area contributed by atoms with Gasteiger partial charge in [-0.3, -0.25) is 0 Å². The van der Waals surface area contributed by atoms with Crippen molar-refractivity contribution < 1.29 is 0 Å². The van der Waals surface area contributed by atoms with Crippen LogP contribution < -0.4 is 5.32 Å². The Hall–Kier alpha value is -1.13. The molecule has 7 heteroatoms. The van der Waals surface area contributed by atoms with Gasteiger partial charge in [0.2, 0.25) is 5.16 Å². The fourth-order valence-electron chi connectivity index (χ4n) is 1.43. The van der Waals surface area contributed by atoms with E-state index in [2.05, 4.69) is 47.7 Å². The standard InChI is InChI=1S/C13H24N6S/c1-12(2,3)15-7-8-19-11(16-17-18-19)20-9-6-13(4,5)10-14/h15H,6-9H2,1-5H3. The van der Waals surface area contributed by atoms with Gasteiger partial charge in [0.15, 0.2) is 0 Å². The van der Waals surface area contributed by atoms with E-state index in [1.807, 2.05) is 18.5 Å². The molecular weight excluding hydrogens is 272 g/mol. The van der Waals surface area contributed by atoms with Gasteiger partial charge >= 0.3 is 0 Å². The number of nitrogens with one attached hydrogen (secondary N) is 1. The zero-order chi connectivity index (χ0) is 15.2. The molecule has 0 amide bonds. The molecule has 0 saturated heterocycles. The Balaban J connectivity index is 2.41. The number of aromatic nitrogens is 4. The van der Waals surface area contributed by atoms with Crippen LogP contribution in [0.5, 0.6) is 0 Å². The van der Waals surface area contributed by atoms with Crippen LogP contribution in [-0.4, -0.2) is 38.0 Å². The van der Waals surface area contributed by atoms with E-state index in [0.29, 0.717) is 0 Å². The third-order valence-corrected chi connectivity index (χ3v) is 3.70. The van der Waals surface area contributed by atoms with Crippen LogP contribution >= 0.6 is 11.8 Å². The summed E-state index contributed by atoms with van der Waals surface area (Å²) in [5, 5.41) is 25.0. The summed E-state index contributed by atoms with van der Waals surface area (Å²) in [6.07, 6.45) is 0.821. The molecular formula is C13H24N6S. The third-order valence-electron chi connectivity index (χ3n) is 2.74. The van der Waals surface area contributed by atoms with Crippen molar-refractivity contribution in [3.05, 3.63) is 0 Å². The number of rotatable bonds is 7. The molecule has 0 saturated carbocycles. The summed E-state index contributed by atoms with van der Waals surface area (Å²) in [5.74, 6) is 0.841. The lowest BCUT2D eigenvalue weighted by Crippen LogP contribution is -2.38. The predicted octanol–water partition coefficient (Wildman–Crippen LogP) is 2.09. The summed E-state index contributed by atoms with van der Waals surface area (Å²) < 4.78 is 1.81. The Morgan fingerprint density at radius 3 is 2.60 bits per heavy atom. The summed E-state index contributed by atoms with van der Waals surface area (Å²) >= 11 is 1.60. The van der Waals surface area contributed by atoms with Gasteiger partial charge in [-0.05, 0) is 51.5 Å². The smallest absolute Gasteiger partial charge is 0.209 e. The van der Waals surface area contributed by atoms with E-state index < -0.39 is 0 Å². The summed E-state index contributed by atoms with van der Waals surface area (Å²) in [6.45, 7) is 11.9. The predicted molar refractivity (Wildman–Crippen MR) is 80.3 cm³/mol. The van der Waals surface area contributed by atoms with Gasteiger partial charge in [-0.15, -0.1) is 5.10 Å². The van der Waals surface area contributed by atoms with E-state index in [9.17, 15) is 0 Å². The van der Waals surface area contributed by atoms with Crippen LogP contribution in [0, 0.1) is 16.7 Å². The normalized spacial score (nSPS) is 12.4. The average molecular weight is 296 g/mol. The summed E-state index contributed by atoms with van der Waals surface area (Å²) in [7, 11) is 0. The Labute approximate surface area is 125 Å². The molecule has 0 aliphatic carbocycles. The van der Waals surface area contributed by atoms with Gasteiger partial charge in [0.05, 0.1) is 18.0 Å². The monoisotopic (exact) mass is 296 g/mol. The number of hydrogen-bond acceptors (Lipinski definition) is 6. The highest BCUT2D eigenvalue weighted by molar-refractivity contribution is 7.99. The van der Waals surface area contributed by atoms with E-state index in [-0.39, 0.29) is 11.0 Å². The molecule has 0 spiro atoms. The molecule has 0 atom stereocenters. The van der Waals surface area contributed by atoms with Gasteiger partial charge in [-0.25, -0.2) is 4.68 Å². The quantitative estimate of drug-likeness (QED) is 0.776. The first-order chi connectivity index (χ1) is 9.23. The number of nitrogens with zero attached hydrogens (tertiary/aromatic N) is 5. The minimum atomic E-state index is -0.293. The maximum Gasteiger partial charge on any atom is 0.209 e. The molecule has 20 heavy (non-hydrogen) atoms. The summed E-state index contributed by atoms with van der Waals surface area (Å²) in [5.41, 5.74) is -0.197. The van der Waals surface area contributed by atoms with Crippen LogP contribution in [0.15, 0.2) is 5.16 Å². The van der Waals surface area contributed by atoms with Crippen LogP contribution in [-0.2, 0) is 6.54 Å². The number of nitriles is 1. The molecule has 0 aliphatic rings. The largest absolute Gasteiger partial charge is 0.310 e. The van der Waals surface area contributed by atoms with Crippen LogP contribution in [0.4, 0.5) is 0 Å². The van der Waals surface area contributed by atoms with E-state index in [4.69, 9.17) is 5.26 Å². The maximum atomic E-state index is 8.99. The second-order valence-electron chi connectivity index (χ2n) is 6.46. The van der Waals surface area contributed by atoms with E-state index >= 15 is 0 Å². The molecule has 0 aliphatic heterocycles. The highest BCUT2D eigenvalue weighted by atomic mass is 32.2. The fourth-order valence-corrected chi connectivity index (χ4v) is 2.60. The average Bonchev–Trinajstić information content (AvgIpc) is 2.75. The van der Waals surface area contributed by atoms with Crippen LogP contribution in [0.2, 0.25) is 0 Å². The van der Waals surface area contributed by atoms with Gasteiger partial charge in [-0.2, -0.15) is 5.26 Å². The first-order valence-electron chi connectivity index (χ1n) is 6.79. The minimum Gasteiger partial charge on any atom is -0.310 e. The van der Waals surface area contributed by atoms with E-state index in [0.717, 1.165) is 30.4 Å². The van der Waals surface area contributed by atoms with Crippen molar-refractivity contribution in [2.75, 3.05) is 12.3 Å². The Morgan fingerprint density at radius 2 is 2.00 bits per heavy atom. The molecule has 1 aromatic heterocycles. The topological polar surface area (TPSA) is 79.4 Å². The zero-order valence-electron chi connectivity index (χ0n) is 13.0. The van der Waals surface area contributed by atoms with Crippen molar-refractivity contribution in [3.63, 3.8) is 0 Å². The Kier molecular flexibility index (Phi) is 5.96. The molecule has 1 aromatic rings. The molecule has 0 unspecified atom stereocenters. The summed E-state index contributed by atoms with van der Waals surface area (Å²) in [4.78, 5) is 0. The Bertz CT molecular complexity index is 454. The highest BCUT2D eigenvalue weighted by Crippen LogP contribution is 2.24. The minimum absolute atomic E-state index is 0.0954. The molecule has 112 valence electrons. The van der Waals surface area contributed by atoms with Crippen LogP contribution in [0.1, 0.15) is 41.0 Å². The molecule has 0 bridgehead atoms. The maximum absolute atomic E-state index is 8.99. The highest BCUT2D eigenvalue weighted by Gasteiger charge is 2.17. The van der Waals surface area contributed by atoms with Crippen molar-refractivity contribution in [2.45, 2.75) is 58.3 Å². The first kappa shape index (κ1) is 16.9. The molecule has 1 heterocycles. The van der Waals surface area contributed by atoms with Crippen molar-refractivity contribution in [2.24, 2.45) is 5.41 Å². The van der Waals surface area contributed by atoms with Crippen LogP contribution in [0.25, 0.3) is 0 Å². The lowest BCUT2D eigenvalue weighted by molar-refractivity contribution is 0.396. The molecule has 0 fully saturated rings. The van der Waals surface area contributed by atoms with E-state index in [1.165, 1.54) is 0 Å². The number of tetrazole rings is 1. The van der Waals surface area contributed by atoms with Crippen molar-refractivity contribution in [3.8, 4) is 6.07 Å². The number of hydrogen-bond donors (Lipinski definition) is 1. The van der Waals surface area contributed by atoms with Gasteiger partial charge in [0.25, 0.3) is 0 Å². The molecule has 1 N–H and O–H groups in total. The second kappa shape index (κ2) is 7.04. The Morgan fingerprint density at radius 1 is 1.30 bits per heavy atom. The SMILES string of the molecule is CC(C)(C#N)CCSc1nnnn1CCNC(C)(C)C. The van der Waals surface area contributed by atoms with Crippen molar-refractivity contribution >= 4 is 11.8 Å². The van der Waals surface area contributed by atoms with Crippen molar-refractivity contribution in [1.29, 1.82) is 5.26 Å².